The first kappa shape index (κ1) is 26.0. The Bertz CT molecular complexity index is 913. The van der Waals surface area contributed by atoms with E-state index in [0.717, 1.165) is 6.26 Å². The minimum atomic E-state index is -3.85. The maximum atomic E-state index is 12.7. The Kier molecular flexibility index (Phi) is 8.61. The average Bonchev–Trinajstić information content (AvgIpc) is 2.71. The monoisotopic (exact) mass is 468 g/mol. The van der Waals surface area contributed by atoms with Crippen LogP contribution in [0.4, 0.5) is 0 Å². The van der Waals surface area contributed by atoms with Crippen LogP contribution in [0.2, 0.25) is 0 Å². The summed E-state index contributed by atoms with van der Waals surface area (Å²) in [6.07, 6.45) is 2.84. The molecule has 1 aliphatic rings. The molecule has 0 bridgehead atoms. The Morgan fingerprint density at radius 2 is 1.94 bits per heavy atom. The summed E-state index contributed by atoms with van der Waals surface area (Å²) in [5.41, 5.74) is -1.62. The van der Waals surface area contributed by atoms with Crippen molar-refractivity contribution in [3.8, 4) is 0 Å². The van der Waals surface area contributed by atoms with Gasteiger partial charge in [-0.1, -0.05) is 24.3 Å². The summed E-state index contributed by atoms with van der Waals surface area (Å²) in [6, 6.07) is 8.66. The van der Waals surface area contributed by atoms with Gasteiger partial charge in [0.25, 0.3) is 10.1 Å². The number of esters is 2. The summed E-state index contributed by atoms with van der Waals surface area (Å²) in [4.78, 5) is 24.0. The van der Waals surface area contributed by atoms with Crippen LogP contribution in [0, 0.1) is 0 Å². The molecule has 0 aromatic heterocycles. The highest BCUT2D eigenvalue weighted by molar-refractivity contribution is 7.86. The maximum absolute atomic E-state index is 12.7. The molecule has 1 aromatic carbocycles. The van der Waals surface area contributed by atoms with Crippen LogP contribution in [0.1, 0.15) is 56.8 Å². The fourth-order valence-electron chi connectivity index (χ4n) is 3.86. The second-order valence-corrected chi connectivity index (χ2v) is 10.0. The van der Waals surface area contributed by atoms with Gasteiger partial charge in [-0.2, -0.15) is 8.42 Å². The molecular weight excluding hydrogens is 436 g/mol. The molecule has 0 amide bonds. The molecule has 0 saturated carbocycles. The van der Waals surface area contributed by atoms with Gasteiger partial charge in [-0.05, 0) is 51.7 Å². The number of ether oxygens (including phenoxy) is 3. The van der Waals surface area contributed by atoms with E-state index in [1.54, 1.807) is 37.3 Å². The zero-order valence-electron chi connectivity index (χ0n) is 19.0. The van der Waals surface area contributed by atoms with Crippen LogP contribution >= 0.6 is 0 Å². The van der Waals surface area contributed by atoms with Crippen LogP contribution in [-0.2, 0) is 33.3 Å². The van der Waals surface area contributed by atoms with Crippen molar-refractivity contribution in [3.05, 3.63) is 48.6 Å². The van der Waals surface area contributed by atoms with Gasteiger partial charge < -0.3 is 14.2 Å². The minimum Gasteiger partial charge on any atom is -0.463 e. The lowest BCUT2D eigenvalue weighted by atomic mass is 9.79. The third-order valence-corrected chi connectivity index (χ3v) is 6.15. The quantitative estimate of drug-likeness (QED) is 0.292. The molecule has 0 N–H and O–H groups in total. The third kappa shape index (κ3) is 7.15. The average molecular weight is 469 g/mol. The Balaban J connectivity index is 2.29. The van der Waals surface area contributed by atoms with E-state index in [0.29, 0.717) is 31.2 Å². The van der Waals surface area contributed by atoms with E-state index in [1.165, 1.54) is 6.92 Å². The molecule has 2 rings (SSSR count). The van der Waals surface area contributed by atoms with Gasteiger partial charge in [0.05, 0.1) is 17.4 Å². The first-order valence-electron chi connectivity index (χ1n) is 10.5. The molecular formula is C23H32O8S. The van der Waals surface area contributed by atoms with Gasteiger partial charge in [0.2, 0.25) is 0 Å². The van der Waals surface area contributed by atoms with Gasteiger partial charge in [0.1, 0.15) is 24.4 Å². The molecule has 0 unspecified atom stereocenters. The number of carbonyl (C=O) groups is 2. The van der Waals surface area contributed by atoms with Crippen molar-refractivity contribution in [2.24, 2.45) is 0 Å². The van der Waals surface area contributed by atoms with Crippen LogP contribution in [0.15, 0.2) is 43.0 Å². The first-order valence-corrected chi connectivity index (χ1v) is 12.3. The number of carbonyl (C=O) groups excluding carboxylic acids is 2. The van der Waals surface area contributed by atoms with Crippen molar-refractivity contribution in [2.75, 3.05) is 12.9 Å². The van der Waals surface area contributed by atoms with E-state index in [9.17, 15) is 18.0 Å². The molecule has 1 aliphatic heterocycles. The molecule has 0 radical (unpaired) electrons. The molecule has 0 spiro atoms. The van der Waals surface area contributed by atoms with Crippen molar-refractivity contribution < 1.29 is 36.4 Å². The van der Waals surface area contributed by atoms with E-state index in [1.807, 2.05) is 13.0 Å². The molecule has 0 aliphatic carbocycles. The largest absolute Gasteiger partial charge is 0.463 e. The molecule has 9 heteroatoms. The fraction of sp³-hybridized carbons (Fsp3) is 0.565. The summed E-state index contributed by atoms with van der Waals surface area (Å²) in [6.45, 7) is 8.23. The van der Waals surface area contributed by atoms with Gasteiger partial charge in [-0.25, -0.2) is 4.79 Å². The second kappa shape index (κ2) is 10.6. The van der Waals surface area contributed by atoms with Crippen molar-refractivity contribution in [2.45, 2.75) is 69.9 Å². The Hall–Kier alpha value is -2.23. The van der Waals surface area contributed by atoms with Crippen LogP contribution < -0.4 is 0 Å². The predicted molar refractivity (Wildman–Crippen MR) is 119 cm³/mol. The SMILES string of the molecule is C=CCC[C@@]1(C)O[C@](C)([C@@H](COC(C)=O)OS(C)(=O)=O)CC[C@@H]1OC(=O)c1ccccc1. The molecule has 8 nitrogen and oxygen atoms in total. The van der Waals surface area contributed by atoms with Gasteiger partial charge >= 0.3 is 11.9 Å². The molecule has 178 valence electrons. The summed E-state index contributed by atoms with van der Waals surface area (Å²) < 4.78 is 46.3. The Morgan fingerprint density at radius 1 is 1.28 bits per heavy atom. The highest BCUT2D eigenvalue weighted by Crippen LogP contribution is 2.43. The van der Waals surface area contributed by atoms with Crippen molar-refractivity contribution in [3.63, 3.8) is 0 Å². The lowest BCUT2D eigenvalue weighted by molar-refractivity contribution is -0.253. The van der Waals surface area contributed by atoms with E-state index in [4.69, 9.17) is 18.4 Å². The number of rotatable bonds is 10. The summed E-state index contributed by atoms with van der Waals surface area (Å²) >= 11 is 0. The van der Waals surface area contributed by atoms with Crippen molar-refractivity contribution in [1.82, 2.24) is 0 Å². The third-order valence-electron chi connectivity index (χ3n) is 5.56. The van der Waals surface area contributed by atoms with E-state index in [2.05, 4.69) is 6.58 Å². The molecule has 1 aromatic rings. The van der Waals surface area contributed by atoms with Crippen molar-refractivity contribution >= 4 is 22.1 Å². The van der Waals surface area contributed by atoms with Gasteiger partial charge in [0, 0.05) is 6.92 Å². The fourth-order valence-corrected chi connectivity index (χ4v) is 4.55. The summed E-state index contributed by atoms with van der Waals surface area (Å²) in [5, 5.41) is 0. The van der Waals surface area contributed by atoms with Crippen LogP contribution in [0.5, 0.6) is 0 Å². The molecule has 4 atom stereocenters. The van der Waals surface area contributed by atoms with Gasteiger partial charge in [-0.15, -0.1) is 6.58 Å². The zero-order valence-corrected chi connectivity index (χ0v) is 19.9. The van der Waals surface area contributed by atoms with E-state index in [-0.39, 0.29) is 6.61 Å². The van der Waals surface area contributed by atoms with E-state index < -0.39 is 45.5 Å². The molecule has 1 saturated heterocycles. The highest BCUT2D eigenvalue weighted by atomic mass is 32.2. The summed E-state index contributed by atoms with van der Waals surface area (Å²) in [5.74, 6) is -1.02. The predicted octanol–water partition coefficient (Wildman–Crippen LogP) is 3.41. The standard InChI is InChI=1S/C23H32O8S/c1-6-7-14-22(3)19(29-21(25)18-11-9-8-10-12-18)13-15-23(4,31-22)20(16-28-17(2)24)30-32(5,26)27/h6,8-12,19-20H,1,7,13-16H2,2-5H3/t19-,20+,22+,23-/m0/s1. The molecule has 32 heavy (non-hydrogen) atoms. The number of benzene rings is 1. The van der Waals surface area contributed by atoms with E-state index >= 15 is 0 Å². The lowest BCUT2D eigenvalue weighted by Gasteiger charge is -2.51. The summed E-state index contributed by atoms with van der Waals surface area (Å²) in [7, 11) is -3.85. The maximum Gasteiger partial charge on any atom is 0.338 e. The number of hydrogen-bond acceptors (Lipinski definition) is 8. The van der Waals surface area contributed by atoms with Gasteiger partial charge in [-0.3, -0.25) is 8.98 Å². The molecule has 1 fully saturated rings. The normalized spacial score (nSPS) is 26.7. The highest BCUT2D eigenvalue weighted by Gasteiger charge is 2.52. The lowest BCUT2D eigenvalue weighted by Crippen LogP contribution is -2.60. The van der Waals surface area contributed by atoms with Gasteiger partial charge in [0.15, 0.2) is 0 Å². The van der Waals surface area contributed by atoms with Crippen LogP contribution in [0.25, 0.3) is 0 Å². The van der Waals surface area contributed by atoms with Crippen LogP contribution in [0.3, 0.4) is 0 Å². The smallest absolute Gasteiger partial charge is 0.338 e. The minimum absolute atomic E-state index is 0.287. The first-order chi connectivity index (χ1) is 14.9. The van der Waals surface area contributed by atoms with Crippen LogP contribution in [-0.4, -0.2) is 56.6 Å². The second-order valence-electron chi connectivity index (χ2n) is 8.44. The zero-order chi connectivity index (χ0) is 24.0. The number of allylic oxidation sites excluding steroid dienone is 1. The Labute approximate surface area is 190 Å². The number of hydrogen-bond donors (Lipinski definition) is 0. The van der Waals surface area contributed by atoms with Crippen molar-refractivity contribution in [1.29, 1.82) is 0 Å². The molecule has 1 heterocycles. The topological polar surface area (TPSA) is 105 Å². The Morgan fingerprint density at radius 3 is 2.50 bits per heavy atom.